The monoisotopic (exact) mass is 862 g/mol. The molecule has 4 amide bonds. The lowest BCUT2D eigenvalue weighted by Gasteiger charge is -2.33. The quantitative estimate of drug-likeness (QED) is 0.0792. The van der Waals surface area contributed by atoms with Crippen molar-refractivity contribution in [1.82, 2.24) is 45.4 Å². The van der Waals surface area contributed by atoms with Crippen LogP contribution in [0.5, 0.6) is 5.88 Å². The number of benzene rings is 2. The number of hydrogen-bond donors (Lipinski definition) is 5. The summed E-state index contributed by atoms with van der Waals surface area (Å²) in [4.78, 5) is 78.9. The van der Waals surface area contributed by atoms with E-state index in [2.05, 4.69) is 60.8 Å². The molecular formula is C46H58N10O7. The average molecular weight is 863 g/mol. The normalized spacial score (nSPS) is 21.1. The number of anilines is 1. The summed E-state index contributed by atoms with van der Waals surface area (Å²) in [7, 11) is 1.29. The summed E-state index contributed by atoms with van der Waals surface area (Å²) < 4.78 is 10.5. The molecule has 3 aromatic heterocycles. The van der Waals surface area contributed by atoms with E-state index in [0.29, 0.717) is 31.4 Å². The predicted molar refractivity (Wildman–Crippen MR) is 236 cm³/mol. The number of fused-ring (bicyclic) bond motifs is 2. The SMILES string of the molecule is CCOc1ccc(N2C(c3ccc4nc([C@@H]5CCCN5C(=O)[C@@H](NC(=O)OC)C(C)C)[nH]c4c3)CC[C@@H]2c2ccc3nc([C@@H]4CCCN4C(=O)[C@@H](NC(=O)O)C(C)C)[nH]c3c2)cn1. The number of rotatable bonds is 13. The molecule has 3 aliphatic rings. The first-order chi connectivity index (χ1) is 30.3. The highest BCUT2D eigenvalue weighted by atomic mass is 16.5. The Balaban J connectivity index is 1.08. The number of hydrogen-bond acceptors (Lipinski definition) is 10. The lowest BCUT2D eigenvalue weighted by atomic mass is 10.0. The number of nitrogens with one attached hydrogen (secondary N) is 4. The molecule has 2 aromatic carbocycles. The molecule has 0 spiro atoms. The first kappa shape index (κ1) is 43.3. The van der Waals surface area contributed by atoms with Crippen LogP contribution in [0.25, 0.3) is 22.1 Å². The van der Waals surface area contributed by atoms with Crippen LogP contribution in [0.1, 0.15) is 120 Å². The maximum Gasteiger partial charge on any atom is 0.407 e. The van der Waals surface area contributed by atoms with Crippen LogP contribution < -0.4 is 20.3 Å². The number of pyridine rings is 1. The maximum atomic E-state index is 13.8. The van der Waals surface area contributed by atoms with E-state index in [9.17, 15) is 24.3 Å². The van der Waals surface area contributed by atoms with Crippen molar-refractivity contribution in [3.63, 3.8) is 0 Å². The molecule has 5 N–H and O–H groups in total. The highest BCUT2D eigenvalue weighted by Crippen LogP contribution is 2.48. The summed E-state index contributed by atoms with van der Waals surface area (Å²) in [6, 6.07) is 14.5. The van der Waals surface area contributed by atoms with Gasteiger partial charge in [0.2, 0.25) is 17.7 Å². The Kier molecular flexibility index (Phi) is 12.5. The smallest absolute Gasteiger partial charge is 0.407 e. The van der Waals surface area contributed by atoms with Gasteiger partial charge in [0.15, 0.2) is 0 Å². The van der Waals surface area contributed by atoms with Gasteiger partial charge < -0.3 is 49.9 Å². The molecule has 63 heavy (non-hydrogen) atoms. The molecule has 17 nitrogen and oxygen atoms in total. The van der Waals surface area contributed by atoms with Crippen molar-refractivity contribution in [2.24, 2.45) is 11.8 Å². The number of ether oxygens (including phenoxy) is 2. The molecule has 0 bridgehead atoms. The van der Waals surface area contributed by atoms with Crippen LogP contribution in [-0.2, 0) is 14.3 Å². The van der Waals surface area contributed by atoms with Gasteiger partial charge in [0.1, 0.15) is 23.7 Å². The summed E-state index contributed by atoms with van der Waals surface area (Å²) in [6.07, 6.45) is 4.86. The molecular weight excluding hydrogens is 805 g/mol. The Morgan fingerprint density at radius 1 is 0.746 bits per heavy atom. The number of methoxy groups -OCH3 is 1. The fraction of sp³-hybridized carbons (Fsp3) is 0.500. The van der Waals surface area contributed by atoms with E-state index in [1.54, 1.807) is 4.90 Å². The van der Waals surface area contributed by atoms with E-state index in [4.69, 9.17) is 19.4 Å². The minimum Gasteiger partial charge on any atom is -0.478 e. The van der Waals surface area contributed by atoms with Crippen LogP contribution in [-0.4, -0.2) is 103 Å². The third-order valence-electron chi connectivity index (χ3n) is 12.8. The van der Waals surface area contributed by atoms with Crippen molar-refractivity contribution in [2.45, 2.75) is 109 Å². The number of likely N-dealkylation sites (tertiary alicyclic amines) is 2. The number of aromatic nitrogens is 5. The third-order valence-corrected chi connectivity index (χ3v) is 12.8. The average Bonchev–Trinajstić information content (AvgIpc) is 4.12. The van der Waals surface area contributed by atoms with Crippen molar-refractivity contribution in [3.8, 4) is 5.88 Å². The molecule has 3 aliphatic heterocycles. The molecule has 6 heterocycles. The Hall–Kier alpha value is -6.39. The van der Waals surface area contributed by atoms with Crippen molar-refractivity contribution in [1.29, 1.82) is 0 Å². The van der Waals surface area contributed by atoms with Crippen LogP contribution in [0.15, 0.2) is 54.7 Å². The summed E-state index contributed by atoms with van der Waals surface area (Å²) in [5.41, 5.74) is 6.53. The first-order valence-corrected chi connectivity index (χ1v) is 22.2. The van der Waals surface area contributed by atoms with E-state index in [1.165, 1.54) is 7.11 Å². The minimum atomic E-state index is -1.22. The second-order valence-corrected chi connectivity index (χ2v) is 17.5. The second kappa shape index (κ2) is 18.1. The highest BCUT2D eigenvalue weighted by molar-refractivity contribution is 5.87. The number of carbonyl (C=O) groups excluding carboxylic acids is 3. The van der Waals surface area contributed by atoms with Crippen molar-refractivity contribution in [3.05, 3.63) is 77.5 Å². The number of amides is 4. The number of carboxylic acid groups (broad SMARTS) is 1. The molecule has 0 saturated carbocycles. The molecule has 3 saturated heterocycles. The summed E-state index contributed by atoms with van der Waals surface area (Å²) >= 11 is 0. The minimum absolute atomic E-state index is 0.00829. The number of nitrogens with zero attached hydrogens (tertiary/aromatic N) is 6. The predicted octanol–water partition coefficient (Wildman–Crippen LogP) is 7.32. The number of imidazole rings is 2. The van der Waals surface area contributed by atoms with Gasteiger partial charge >= 0.3 is 12.2 Å². The van der Waals surface area contributed by atoms with E-state index < -0.39 is 24.3 Å². The van der Waals surface area contributed by atoms with Crippen LogP contribution in [0, 0.1) is 11.8 Å². The summed E-state index contributed by atoms with van der Waals surface area (Å²) in [5, 5.41) is 14.6. The maximum absolute atomic E-state index is 13.8. The molecule has 0 radical (unpaired) electrons. The standard InChI is InChI=1S/C46H58N10O7/c1-7-63-38-19-14-29(24-47-38)56-34(27-12-15-30-32(22-27)50-41(48-30)36-10-8-20-54(36)43(57)39(25(2)3)52-45(59)60)17-18-35(56)28-13-16-31-33(23-28)51-42(49-31)37-11-9-21-55(37)44(58)40(26(4)5)53-46(61)62-6/h12-16,19,22-26,34-37,39-40,52H,7-11,17-18,20-21H2,1-6H3,(H,48,50)(H,49,51)(H,53,61)(H,59,60)/t34-,35?,36+,37+,39+,40+/m1/s1. The molecule has 6 atom stereocenters. The molecule has 17 heteroatoms. The molecule has 8 rings (SSSR count). The largest absolute Gasteiger partial charge is 0.478 e. The van der Waals surface area contributed by atoms with E-state index >= 15 is 0 Å². The number of aromatic amines is 2. The van der Waals surface area contributed by atoms with E-state index in [-0.39, 0.29) is 47.8 Å². The van der Waals surface area contributed by atoms with Gasteiger partial charge in [0, 0.05) is 19.2 Å². The summed E-state index contributed by atoms with van der Waals surface area (Å²) in [6.45, 7) is 11.0. The number of H-pyrrole nitrogens is 2. The van der Waals surface area contributed by atoms with E-state index in [0.717, 1.165) is 83.2 Å². The van der Waals surface area contributed by atoms with Crippen molar-refractivity contribution >= 4 is 51.8 Å². The van der Waals surface area contributed by atoms with E-state index in [1.807, 2.05) is 63.9 Å². The lowest BCUT2D eigenvalue weighted by molar-refractivity contribution is -0.136. The Bertz CT molecular complexity index is 2470. The Morgan fingerprint density at radius 2 is 1.27 bits per heavy atom. The van der Waals surface area contributed by atoms with Crippen LogP contribution in [0.3, 0.4) is 0 Å². The van der Waals surface area contributed by atoms with Crippen molar-refractivity contribution in [2.75, 3.05) is 31.7 Å². The van der Waals surface area contributed by atoms with Crippen LogP contribution in [0.4, 0.5) is 15.3 Å². The van der Waals surface area contributed by atoms with Gasteiger partial charge in [0.05, 0.1) is 71.8 Å². The van der Waals surface area contributed by atoms with Gasteiger partial charge in [-0.1, -0.05) is 39.8 Å². The zero-order valence-electron chi connectivity index (χ0n) is 36.8. The van der Waals surface area contributed by atoms with Crippen molar-refractivity contribution < 1.29 is 33.8 Å². The van der Waals surface area contributed by atoms with Crippen LogP contribution in [0.2, 0.25) is 0 Å². The zero-order chi connectivity index (χ0) is 44.5. The highest BCUT2D eigenvalue weighted by Gasteiger charge is 2.40. The zero-order valence-corrected chi connectivity index (χ0v) is 36.8. The topological polar surface area (TPSA) is 211 Å². The number of alkyl carbamates (subject to hydrolysis) is 1. The van der Waals surface area contributed by atoms with Gasteiger partial charge in [-0.05, 0) is 98.7 Å². The molecule has 3 fully saturated rings. The Morgan fingerprint density at radius 3 is 1.71 bits per heavy atom. The fourth-order valence-electron chi connectivity index (χ4n) is 9.74. The fourth-order valence-corrected chi connectivity index (χ4v) is 9.74. The van der Waals surface area contributed by atoms with Crippen LogP contribution >= 0.6 is 0 Å². The molecule has 1 unspecified atom stereocenters. The third kappa shape index (κ3) is 8.69. The van der Waals surface area contributed by atoms with Gasteiger partial charge in [0.25, 0.3) is 0 Å². The summed E-state index contributed by atoms with van der Waals surface area (Å²) in [5.74, 6) is 1.24. The Labute approximate surface area is 366 Å². The molecule has 334 valence electrons. The van der Waals surface area contributed by atoms with Gasteiger partial charge in [-0.3, -0.25) is 9.59 Å². The van der Waals surface area contributed by atoms with Gasteiger partial charge in [-0.2, -0.15) is 0 Å². The number of carbonyl (C=O) groups is 4. The van der Waals surface area contributed by atoms with Gasteiger partial charge in [-0.25, -0.2) is 24.5 Å². The molecule has 0 aliphatic carbocycles. The lowest BCUT2D eigenvalue weighted by Crippen LogP contribution is -2.51. The second-order valence-electron chi connectivity index (χ2n) is 17.5. The molecule has 5 aromatic rings. The van der Waals surface area contributed by atoms with Gasteiger partial charge in [-0.15, -0.1) is 0 Å². The first-order valence-electron chi connectivity index (χ1n) is 22.2.